The van der Waals surface area contributed by atoms with Crippen LogP contribution >= 0.6 is 11.8 Å². The van der Waals surface area contributed by atoms with E-state index in [0.29, 0.717) is 10.9 Å². The third-order valence-corrected chi connectivity index (χ3v) is 5.71. The molecule has 1 unspecified atom stereocenters. The molecule has 0 radical (unpaired) electrons. The number of aliphatic imine (C=N–C) groups is 1. The monoisotopic (exact) mass is 427 g/mol. The number of hydrogen-bond donors (Lipinski definition) is 1. The van der Waals surface area contributed by atoms with Crippen molar-refractivity contribution < 1.29 is 19.1 Å². The Hall–Kier alpha value is -2.68. The maximum absolute atomic E-state index is 13.0. The highest BCUT2D eigenvalue weighted by Crippen LogP contribution is 2.32. The summed E-state index contributed by atoms with van der Waals surface area (Å²) in [6.07, 6.45) is -0.540. The molecular weight excluding hydrogens is 402 g/mol. The molecule has 0 spiro atoms. The second kappa shape index (κ2) is 10.4. The largest absolute Gasteiger partial charge is 0.354 e. The van der Waals surface area contributed by atoms with Crippen LogP contribution in [0, 0.1) is 6.92 Å². The number of methoxy groups -OCH3 is 2. The number of anilines is 1. The van der Waals surface area contributed by atoms with E-state index in [9.17, 15) is 9.59 Å². The number of amidine groups is 1. The molecule has 1 aliphatic heterocycles. The molecule has 30 heavy (non-hydrogen) atoms. The smallest absolute Gasteiger partial charge is 0.242 e. The predicted octanol–water partition coefficient (Wildman–Crippen LogP) is 3.57. The number of carbonyl (C=O) groups is 2. The Kier molecular flexibility index (Phi) is 7.62. The van der Waals surface area contributed by atoms with E-state index in [2.05, 4.69) is 10.3 Å². The SMILES string of the molecule is COC(CN1C(=O)C(CC(=O)Nc2cccc(C)c2)SC1=Nc1ccccc1)OC. The van der Waals surface area contributed by atoms with Gasteiger partial charge in [0.25, 0.3) is 0 Å². The summed E-state index contributed by atoms with van der Waals surface area (Å²) in [6.45, 7) is 2.15. The quantitative estimate of drug-likeness (QED) is 0.652. The summed E-state index contributed by atoms with van der Waals surface area (Å²) in [5.41, 5.74) is 2.49. The van der Waals surface area contributed by atoms with Gasteiger partial charge in [-0.2, -0.15) is 0 Å². The minimum absolute atomic E-state index is 0.0480. The Balaban J connectivity index is 1.76. The fourth-order valence-electron chi connectivity index (χ4n) is 3.00. The first kappa shape index (κ1) is 22.0. The lowest BCUT2D eigenvalue weighted by Crippen LogP contribution is -2.40. The Morgan fingerprint density at radius 1 is 1.17 bits per heavy atom. The van der Waals surface area contributed by atoms with Crippen molar-refractivity contribution in [3.63, 3.8) is 0 Å². The van der Waals surface area contributed by atoms with E-state index in [-0.39, 0.29) is 24.8 Å². The van der Waals surface area contributed by atoms with Gasteiger partial charge in [-0.25, -0.2) is 4.99 Å². The lowest BCUT2D eigenvalue weighted by molar-refractivity contribution is -0.138. The molecule has 3 rings (SSSR count). The Morgan fingerprint density at radius 3 is 2.57 bits per heavy atom. The molecule has 8 heteroatoms. The van der Waals surface area contributed by atoms with Gasteiger partial charge in [0.1, 0.15) is 5.25 Å². The number of rotatable bonds is 8. The number of para-hydroxylation sites is 1. The second-order valence-electron chi connectivity index (χ2n) is 6.81. The van der Waals surface area contributed by atoms with Crippen LogP contribution in [0.3, 0.4) is 0 Å². The van der Waals surface area contributed by atoms with E-state index in [1.807, 2.05) is 61.5 Å². The standard InChI is InChI=1S/C22H25N3O4S/c1-15-8-7-11-17(12-15)23-19(26)13-18-21(27)25(14-20(28-2)29-3)22(30-18)24-16-9-5-4-6-10-16/h4-12,18,20H,13-14H2,1-3H3,(H,23,26). The highest BCUT2D eigenvalue weighted by Gasteiger charge is 2.40. The molecule has 1 saturated heterocycles. The number of ether oxygens (including phenoxy) is 2. The number of nitrogens with one attached hydrogen (secondary N) is 1. The van der Waals surface area contributed by atoms with Gasteiger partial charge in [0, 0.05) is 26.3 Å². The summed E-state index contributed by atoms with van der Waals surface area (Å²) in [7, 11) is 3.03. The zero-order valence-corrected chi connectivity index (χ0v) is 18.0. The highest BCUT2D eigenvalue weighted by molar-refractivity contribution is 8.15. The first-order valence-electron chi connectivity index (χ1n) is 9.54. The van der Waals surface area contributed by atoms with Crippen molar-refractivity contribution >= 4 is 40.1 Å². The average Bonchev–Trinajstić information content (AvgIpc) is 3.01. The first-order valence-corrected chi connectivity index (χ1v) is 10.4. The molecule has 2 aromatic rings. The lowest BCUT2D eigenvalue weighted by Gasteiger charge is -2.21. The minimum atomic E-state index is -0.588. The maximum Gasteiger partial charge on any atom is 0.242 e. The normalized spacial score (nSPS) is 17.7. The Morgan fingerprint density at radius 2 is 1.90 bits per heavy atom. The number of benzene rings is 2. The third-order valence-electron chi connectivity index (χ3n) is 4.53. The van der Waals surface area contributed by atoms with Gasteiger partial charge in [0.05, 0.1) is 12.2 Å². The highest BCUT2D eigenvalue weighted by atomic mass is 32.2. The van der Waals surface area contributed by atoms with Gasteiger partial charge in [-0.05, 0) is 36.8 Å². The van der Waals surface area contributed by atoms with Gasteiger partial charge in [-0.3, -0.25) is 14.5 Å². The zero-order valence-electron chi connectivity index (χ0n) is 17.2. The lowest BCUT2D eigenvalue weighted by atomic mass is 10.2. The van der Waals surface area contributed by atoms with Crippen LogP contribution in [-0.4, -0.2) is 54.2 Å². The Labute approximate surface area is 180 Å². The topological polar surface area (TPSA) is 80.2 Å². The molecule has 1 aliphatic rings. The van der Waals surface area contributed by atoms with Crippen LogP contribution in [0.5, 0.6) is 0 Å². The molecule has 1 fully saturated rings. The summed E-state index contributed by atoms with van der Waals surface area (Å²) < 4.78 is 10.5. The van der Waals surface area contributed by atoms with E-state index < -0.39 is 11.5 Å². The summed E-state index contributed by atoms with van der Waals surface area (Å²) in [6, 6.07) is 16.9. The molecule has 0 aromatic heterocycles. The van der Waals surface area contributed by atoms with Gasteiger partial charge in [0.2, 0.25) is 11.8 Å². The van der Waals surface area contributed by atoms with Crippen LogP contribution in [-0.2, 0) is 19.1 Å². The minimum Gasteiger partial charge on any atom is -0.354 e. The molecule has 0 bridgehead atoms. The number of thioether (sulfide) groups is 1. The van der Waals surface area contributed by atoms with E-state index in [1.54, 1.807) is 0 Å². The van der Waals surface area contributed by atoms with E-state index >= 15 is 0 Å². The fraction of sp³-hybridized carbons (Fsp3) is 0.318. The molecule has 1 N–H and O–H groups in total. The fourth-order valence-corrected chi connectivity index (χ4v) is 4.17. The number of carbonyl (C=O) groups excluding carboxylic acids is 2. The maximum atomic E-state index is 13.0. The van der Waals surface area contributed by atoms with E-state index in [0.717, 1.165) is 11.3 Å². The summed E-state index contributed by atoms with van der Waals surface area (Å²) >= 11 is 1.28. The van der Waals surface area contributed by atoms with Crippen molar-refractivity contribution in [2.75, 3.05) is 26.1 Å². The van der Waals surface area contributed by atoms with Crippen LogP contribution in [0.25, 0.3) is 0 Å². The number of hydrogen-bond acceptors (Lipinski definition) is 6. The first-order chi connectivity index (χ1) is 14.5. The molecule has 1 atom stereocenters. The zero-order chi connectivity index (χ0) is 21.5. The van der Waals surface area contributed by atoms with Crippen molar-refractivity contribution in [2.24, 2.45) is 4.99 Å². The third kappa shape index (κ3) is 5.69. The van der Waals surface area contributed by atoms with Crippen molar-refractivity contribution in [3.8, 4) is 0 Å². The number of aryl methyl sites for hydroxylation is 1. The molecule has 2 amide bonds. The molecule has 0 saturated carbocycles. The number of nitrogens with zero attached hydrogens (tertiary/aromatic N) is 2. The van der Waals surface area contributed by atoms with Crippen LogP contribution < -0.4 is 5.32 Å². The Bertz CT molecular complexity index is 916. The van der Waals surface area contributed by atoms with Crippen molar-refractivity contribution in [1.82, 2.24) is 4.90 Å². The number of amides is 2. The van der Waals surface area contributed by atoms with Crippen LogP contribution in [0.4, 0.5) is 11.4 Å². The molecule has 0 aliphatic carbocycles. The van der Waals surface area contributed by atoms with Crippen LogP contribution in [0.2, 0.25) is 0 Å². The van der Waals surface area contributed by atoms with E-state index in [1.165, 1.54) is 30.9 Å². The predicted molar refractivity (Wildman–Crippen MR) is 119 cm³/mol. The second-order valence-corrected chi connectivity index (χ2v) is 7.98. The van der Waals surface area contributed by atoms with Gasteiger partial charge in [0.15, 0.2) is 11.5 Å². The van der Waals surface area contributed by atoms with Crippen molar-refractivity contribution in [2.45, 2.75) is 24.9 Å². The molecule has 2 aromatic carbocycles. The average molecular weight is 428 g/mol. The van der Waals surface area contributed by atoms with Gasteiger partial charge < -0.3 is 14.8 Å². The van der Waals surface area contributed by atoms with Gasteiger partial charge in [-0.1, -0.05) is 42.1 Å². The molecule has 1 heterocycles. The summed E-state index contributed by atoms with van der Waals surface area (Å²) in [4.78, 5) is 31.7. The van der Waals surface area contributed by atoms with Crippen LogP contribution in [0.1, 0.15) is 12.0 Å². The summed E-state index contributed by atoms with van der Waals surface area (Å²) in [5.74, 6) is -0.407. The van der Waals surface area contributed by atoms with Crippen LogP contribution in [0.15, 0.2) is 59.6 Å². The van der Waals surface area contributed by atoms with E-state index in [4.69, 9.17) is 9.47 Å². The summed E-state index contributed by atoms with van der Waals surface area (Å²) in [5, 5.41) is 2.82. The van der Waals surface area contributed by atoms with Gasteiger partial charge in [-0.15, -0.1) is 0 Å². The molecule has 7 nitrogen and oxygen atoms in total. The molecular formula is C22H25N3O4S. The molecule has 158 valence electrons. The van der Waals surface area contributed by atoms with Gasteiger partial charge >= 0.3 is 0 Å². The van der Waals surface area contributed by atoms with Crippen molar-refractivity contribution in [3.05, 3.63) is 60.2 Å². The van der Waals surface area contributed by atoms with Crippen molar-refractivity contribution in [1.29, 1.82) is 0 Å².